The van der Waals surface area contributed by atoms with Crippen LogP contribution in [0.4, 0.5) is 0 Å². The number of ether oxygens (including phenoxy) is 1. The summed E-state index contributed by atoms with van der Waals surface area (Å²) in [7, 11) is 0. The Morgan fingerprint density at radius 1 is 1.72 bits per heavy atom. The molecule has 0 aromatic carbocycles. The second kappa shape index (κ2) is 4.55. The van der Waals surface area contributed by atoms with Crippen LogP contribution in [0.25, 0.3) is 0 Å². The van der Waals surface area contributed by atoms with Crippen LogP contribution in [0.1, 0.15) is 5.56 Å². The van der Waals surface area contributed by atoms with Crippen LogP contribution >= 0.6 is 0 Å². The van der Waals surface area contributed by atoms with Crippen molar-refractivity contribution in [3.05, 3.63) is 45.3 Å². The zero-order valence-corrected chi connectivity index (χ0v) is 10.2. The molecule has 1 aromatic rings. The Kier molecular flexibility index (Phi) is 3.23. The number of nitrogens with zero attached hydrogens (tertiary/aromatic N) is 1. The highest BCUT2D eigenvalue weighted by Gasteiger charge is 2.43. The van der Waals surface area contributed by atoms with Gasteiger partial charge in [0.15, 0.2) is 0 Å². The number of aromatic amines is 1. The number of hydrogen-bond acceptors (Lipinski definition) is 4. The summed E-state index contributed by atoms with van der Waals surface area (Å²) in [5, 5.41) is 9.39. The summed E-state index contributed by atoms with van der Waals surface area (Å²) in [6.07, 6.45) is 3.08. The summed E-state index contributed by atoms with van der Waals surface area (Å²) < 4.78 is 6.74. The van der Waals surface area contributed by atoms with Gasteiger partial charge in [0, 0.05) is 17.7 Å². The molecule has 1 aliphatic rings. The van der Waals surface area contributed by atoms with Crippen LogP contribution in [-0.4, -0.2) is 34.5 Å². The van der Waals surface area contributed by atoms with Crippen molar-refractivity contribution in [3.8, 4) is 0 Å². The van der Waals surface area contributed by atoms with Crippen LogP contribution in [0.2, 0.25) is 0 Å². The minimum absolute atomic E-state index is 0.114. The van der Waals surface area contributed by atoms with Gasteiger partial charge in [0.1, 0.15) is 0 Å². The number of rotatable bonds is 3. The molecule has 0 aliphatic carbocycles. The van der Waals surface area contributed by atoms with Gasteiger partial charge in [-0.25, -0.2) is 4.79 Å². The van der Waals surface area contributed by atoms with E-state index in [2.05, 4.69) is 11.6 Å². The molecule has 0 spiro atoms. The lowest BCUT2D eigenvalue weighted by Gasteiger charge is -2.31. The number of aliphatic hydroxyl groups is 1. The molecule has 2 heterocycles. The van der Waals surface area contributed by atoms with E-state index in [1.165, 1.54) is 10.8 Å². The summed E-state index contributed by atoms with van der Waals surface area (Å²) >= 11 is 0. The van der Waals surface area contributed by atoms with E-state index in [0.29, 0.717) is 12.2 Å². The molecule has 6 nitrogen and oxygen atoms in total. The summed E-state index contributed by atoms with van der Waals surface area (Å²) in [6, 6.07) is 0. The van der Waals surface area contributed by atoms with E-state index < -0.39 is 16.8 Å². The van der Waals surface area contributed by atoms with Crippen LogP contribution < -0.4 is 11.2 Å². The fourth-order valence-electron chi connectivity index (χ4n) is 2.30. The molecular formula is C12H16N2O4. The van der Waals surface area contributed by atoms with Crippen LogP contribution in [0, 0.1) is 12.8 Å². The van der Waals surface area contributed by atoms with Crippen LogP contribution in [-0.2, 0) is 10.3 Å². The van der Waals surface area contributed by atoms with Crippen molar-refractivity contribution in [2.75, 3.05) is 19.8 Å². The Morgan fingerprint density at radius 2 is 2.44 bits per heavy atom. The first-order chi connectivity index (χ1) is 8.55. The number of nitrogens with one attached hydrogen (secondary N) is 1. The normalized spacial score (nSPS) is 27.3. The summed E-state index contributed by atoms with van der Waals surface area (Å²) in [5.41, 5.74) is -1.30. The molecule has 0 radical (unpaired) electrons. The SMILES string of the molecule is C=CC1(n2cc(C)c(=O)[nH]c2=O)COCC1CO. The van der Waals surface area contributed by atoms with Crippen molar-refractivity contribution in [1.29, 1.82) is 0 Å². The molecule has 0 amide bonds. The molecule has 98 valence electrons. The molecule has 0 bridgehead atoms. The van der Waals surface area contributed by atoms with E-state index >= 15 is 0 Å². The fourth-order valence-corrected chi connectivity index (χ4v) is 2.30. The maximum Gasteiger partial charge on any atom is 0.329 e. The molecule has 2 unspecified atom stereocenters. The van der Waals surface area contributed by atoms with Crippen molar-refractivity contribution in [1.82, 2.24) is 9.55 Å². The molecule has 2 atom stereocenters. The van der Waals surface area contributed by atoms with E-state index in [9.17, 15) is 14.7 Å². The molecule has 1 saturated heterocycles. The van der Waals surface area contributed by atoms with Crippen LogP contribution in [0.5, 0.6) is 0 Å². The standard InChI is InChI=1S/C12H16N2O4/c1-3-12(7-18-6-9(12)5-15)14-4-8(2)10(16)13-11(14)17/h3-4,9,15H,1,5-7H2,2H3,(H,13,16,17). The third-order valence-electron chi connectivity index (χ3n) is 3.50. The van der Waals surface area contributed by atoms with E-state index in [-0.39, 0.29) is 19.1 Å². The van der Waals surface area contributed by atoms with Crippen molar-refractivity contribution < 1.29 is 9.84 Å². The average Bonchev–Trinajstić information content (AvgIpc) is 2.77. The molecule has 1 aliphatic heterocycles. The minimum atomic E-state index is -0.805. The second-order valence-corrected chi connectivity index (χ2v) is 4.53. The number of H-pyrrole nitrogens is 1. The van der Waals surface area contributed by atoms with E-state index in [0.717, 1.165) is 0 Å². The molecule has 0 saturated carbocycles. The van der Waals surface area contributed by atoms with Gasteiger partial charge >= 0.3 is 5.69 Å². The Balaban J connectivity index is 2.65. The highest BCUT2D eigenvalue weighted by Crippen LogP contribution is 2.32. The van der Waals surface area contributed by atoms with Gasteiger partial charge in [0.25, 0.3) is 5.56 Å². The molecular weight excluding hydrogens is 236 g/mol. The quantitative estimate of drug-likeness (QED) is 0.701. The van der Waals surface area contributed by atoms with Gasteiger partial charge in [-0.05, 0) is 6.92 Å². The topological polar surface area (TPSA) is 84.3 Å². The number of aryl methyl sites for hydroxylation is 1. The number of hydrogen-bond donors (Lipinski definition) is 2. The predicted octanol–water partition coefficient (Wildman–Crippen LogP) is -0.635. The van der Waals surface area contributed by atoms with E-state index in [4.69, 9.17) is 4.74 Å². The lowest BCUT2D eigenvalue weighted by atomic mass is 9.87. The molecule has 1 fully saturated rings. The zero-order chi connectivity index (χ0) is 13.3. The third kappa shape index (κ3) is 1.74. The first-order valence-electron chi connectivity index (χ1n) is 5.70. The van der Waals surface area contributed by atoms with Gasteiger partial charge in [-0.1, -0.05) is 6.08 Å². The van der Waals surface area contributed by atoms with Gasteiger partial charge < -0.3 is 9.84 Å². The third-order valence-corrected chi connectivity index (χ3v) is 3.50. The Morgan fingerprint density at radius 3 is 3.06 bits per heavy atom. The maximum atomic E-state index is 11.9. The maximum absolute atomic E-state index is 11.9. The minimum Gasteiger partial charge on any atom is -0.396 e. The first-order valence-corrected chi connectivity index (χ1v) is 5.70. The molecule has 6 heteroatoms. The highest BCUT2D eigenvalue weighted by molar-refractivity contribution is 5.12. The van der Waals surface area contributed by atoms with Crippen molar-refractivity contribution in [3.63, 3.8) is 0 Å². The summed E-state index contributed by atoms with van der Waals surface area (Å²) in [6.45, 7) is 5.86. The second-order valence-electron chi connectivity index (χ2n) is 4.53. The van der Waals surface area contributed by atoms with Gasteiger partial charge in [-0.3, -0.25) is 14.3 Å². The lowest BCUT2D eigenvalue weighted by Crippen LogP contribution is -2.48. The Hall–Kier alpha value is -1.66. The monoisotopic (exact) mass is 252 g/mol. The largest absolute Gasteiger partial charge is 0.396 e. The summed E-state index contributed by atoms with van der Waals surface area (Å²) in [4.78, 5) is 25.6. The molecule has 18 heavy (non-hydrogen) atoms. The van der Waals surface area contributed by atoms with Gasteiger partial charge in [-0.2, -0.15) is 0 Å². The lowest BCUT2D eigenvalue weighted by molar-refractivity contribution is 0.159. The fraction of sp³-hybridized carbons (Fsp3) is 0.500. The predicted molar refractivity (Wildman–Crippen MR) is 65.6 cm³/mol. The van der Waals surface area contributed by atoms with Gasteiger partial charge in [0.2, 0.25) is 0 Å². The Bertz CT molecular complexity index is 574. The van der Waals surface area contributed by atoms with Crippen molar-refractivity contribution >= 4 is 0 Å². The molecule has 2 N–H and O–H groups in total. The van der Waals surface area contributed by atoms with E-state index in [1.807, 2.05) is 0 Å². The molecule has 1 aromatic heterocycles. The van der Waals surface area contributed by atoms with Gasteiger partial charge in [0.05, 0.1) is 25.4 Å². The van der Waals surface area contributed by atoms with Crippen LogP contribution in [0.15, 0.2) is 28.4 Å². The zero-order valence-electron chi connectivity index (χ0n) is 10.2. The number of aromatic nitrogens is 2. The first kappa shape index (κ1) is 12.8. The van der Waals surface area contributed by atoms with Crippen molar-refractivity contribution in [2.45, 2.75) is 12.5 Å². The Labute approximate surface area is 104 Å². The van der Waals surface area contributed by atoms with Crippen molar-refractivity contribution in [2.24, 2.45) is 5.92 Å². The summed E-state index contributed by atoms with van der Waals surface area (Å²) in [5.74, 6) is -0.252. The highest BCUT2D eigenvalue weighted by atomic mass is 16.5. The van der Waals surface area contributed by atoms with E-state index in [1.54, 1.807) is 13.0 Å². The number of aliphatic hydroxyl groups excluding tert-OH is 1. The smallest absolute Gasteiger partial charge is 0.329 e. The molecule has 2 rings (SSSR count). The van der Waals surface area contributed by atoms with Gasteiger partial charge in [-0.15, -0.1) is 6.58 Å². The average molecular weight is 252 g/mol. The van der Waals surface area contributed by atoms with Crippen LogP contribution in [0.3, 0.4) is 0 Å².